The van der Waals surface area contributed by atoms with Gasteiger partial charge in [0.1, 0.15) is 0 Å². The average Bonchev–Trinajstić information content (AvgIpc) is 2.75. The summed E-state index contributed by atoms with van der Waals surface area (Å²) in [4.78, 5) is 11.6. The summed E-state index contributed by atoms with van der Waals surface area (Å²) in [5.41, 5.74) is 0.959. The third-order valence-corrected chi connectivity index (χ3v) is 4.96. The van der Waals surface area contributed by atoms with Gasteiger partial charge in [-0.1, -0.05) is 30.3 Å². The number of carbonyl (C=O) groups is 1. The highest BCUT2D eigenvalue weighted by atomic mass is 32.2. The van der Waals surface area contributed by atoms with Gasteiger partial charge in [0, 0.05) is 12.6 Å². The van der Waals surface area contributed by atoms with Gasteiger partial charge in [-0.05, 0) is 24.0 Å². The first-order valence-corrected chi connectivity index (χ1v) is 8.09. The Bertz CT molecular complexity index is 564. The van der Waals surface area contributed by atoms with Gasteiger partial charge in [0.05, 0.1) is 11.5 Å². The summed E-state index contributed by atoms with van der Waals surface area (Å²) in [6, 6.07) is 9.54. The third kappa shape index (κ3) is 4.52. The highest BCUT2D eigenvalue weighted by Crippen LogP contribution is 2.17. The highest BCUT2D eigenvalue weighted by Gasteiger charge is 2.27. The molecule has 102 valence electrons. The second-order valence-corrected chi connectivity index (χ2v) is 6.99. The predicted molar refractivity (Wildman–Crippen MR) is 75.2 cm³/mol. The lowest BCUT2D eigenvalue weighted by molar-refractivity contribution is -0.116. The van der Waals surface area contributed by atoms with Gasteiger partial charge in [-0.3, -0.25) is 4.79 Å². The predicted octanol–water partition coefficient (Wildman–Crippen LogP) is 1.25. The van der Waals surface area contributed by atoms with Crippen molar-refractivity contribution in [1.29, 1.82) is 0 Å². The smallest absolute Gasteiger partial charge is 0.244 e. The van der Waals surface area contributed by atoms with Crippen molar-refractivity contribution in [3.05, 3.63) is 42.0 Å². The van der Waals surface area contributed by atoms with Crippen molar-refractivity contribution in [1.82, 2.24) is 5.32 Å². The molecule has 19 heavy (non-hydrogen) atoms. The van der Waals surface area contributed by atoms with E-state index in [0.29, 0.717) is 13.0 Å². The Balaban J connectivity index is 1.78. The van der Waals surface area contributed by atoms with Crippen LogP contribution in [-0.4, -0.2) is 32.4 Å². The number of amides is 1. The van der Waals surface area contributed by atoms with E-state index in [1.807, 2.05) is 30.3 Å². The average molecular weight is 279 g/mol. The minimum absolute atomic E-state index is 0.0547. The van der Waals surface area contributed by atoms with Crippen molar-refractivity contribution in [2.75, 3.05) is 18.1 Å². The minimum Gasteiger partial charge on any atom is -0.352 e. The quantitative estimate of drug-likeness (QED) is 0.844. The number of nitrogens with one attached hydrogen (secondary N) is 1. The van der Waals surface area contributed by atoms with E-state index in [4.69, 9.17) is 0 Å². The topological polar surface area (TPSA) is 63.2 Å². The van der Waals surface area contributed by atoms with Crippen LogP contribution in [0.3, 0.4) is 0 Å². The minimum atomic E-state index is -2.87. The molecule has 0 spiro atoms. The Morgan fingerprint density at radius 3 is 2.68 bits per heavy atom. The molecule has 0 bridgehead atoms. The number of sulfone groups is 1. The molecule has 1 aliphatic rings. The maximum atomic E-state index is 11.6. The molecule has 0 aliphatic carbocycles. The number of benzene rings is 1. The molecule has 1 aromatic rings. The molecule has 0 saturated carbocycles. The summed E-state index contributed by atoms with van der Waals surface area (Å²) in [7, 11) is -2.87. The summed E-state index contributed by atoms with van der Waals surface area (Å²) in [6.07, 6.45) is 3.85. The standard InChI is InChI=1S/C14H17NO3S/c16-14(7-6-12-4-2-1-3-5-12)15-10-13-8-9-19(17,18)11-13/h1-7,13H,8-11H2,(H,15,16). The van der Waals surface area contributed by atoms with Gasteiger partial charge >= 0.3 is 0 Å². The molecule has 1 heterocycles. The summed E-state index contributed by atoms with van der Waals surface area (Å²) in [5.74, 6) is 0.301. The summed E-state index contributed by atoms with van der Waals surface area (Å²) < 4.78 is 22.5. The van der Waals surface area contributed by atoms with Crippen molar-refractivity contribution in [3.8, 4) is 0 Å². The van der Waals surface area contributed by atoms with E-state index in [2.05, 4.69) is 5.32 Å². The van der Waals surface area contributed by atoms with Crippen molar-refractivity contribution >= 4 is 21.8 Å². The van der Waals surface area contributed by atoms with Crippen molar-refractivity contribution in [2.24, 2.45) is 5.92 Å². The largest absolute Gasteiger partial charge is 0.352 e. The molecule has 1 saturated heterocycles. The number of hydrogen-bond acceptors (Lipinski definition) is 3. The first-order chi connectivity index (χ1) is 9.05. The Labute approximate surface area is 113 Å². The maximum Gasteiger partial charge on any atom is 0.244 e. The SMILES string of the molecule is O=C(C=Cc1ccccc1)NCC1CCS(=O)(=O)C1. The fraction of sp³-hybridized carbons (Fsp3) is 0.357. The molecule has 0 aromatic heterocycles. The van der Waals surface area contributed by atoms with E-state index < -0.39 is 9.84 Å². The van der Waals surface area contributed by atoms with Gasteiger partial charge in [0.25, 0.3) is 0 Å². The van der Waals surface area contributed by atoms with Crippen molar-refractivity contribution < 1.29 is 13.2 Å². The van der Waals surface area contributed by atoms with Crippen LogP contribution >= 0.6 is 0 Å². The van der Waals surface area contributed by atoms with Gasteiger partial charge in [-0.2, -0.15) is 0 Å². The molecule has 2 rings (SSSR count). The maximum absolute atomic E-state index is 11.6. The lowest BCUT2D eigenvalue weighted by Gasteiger charge is -2.07. The van der Waals surface area contributed by atoms with Gasteiger partial charge in [-0.15, -0.1) is 0 Å². The van der Waals surface area contributed by atoms with Gasteiger partial charge in [0.15, 0.2) is 9.84 Å². The van der Waals surface area contributed by atoms with Crippen LogP contribution in [0.25, 0.3) is 6.08 Å². The van der Waals surface area contributed by atoms with Crippen LogP contribution in [-0.2, 0) is 14.6 Å². The first-order valence-electron chi connectivity index (χ1n) is 6.26. The van der Waals surface area contributed by atoms with E-state index in [0.717, 1.165) is 5.56 Å². The number of rotatable bonds is 4. The third-order valence-electron chi connectivity index (χ3n) is 3.12. The van der Waals surface area contributed by atoms with E-state index in [-0.39, 0.29) is 23.3 Å². The molecule has 1 aliphatic heterocycles. The normalized spacial score (nSPS) is 21.6. The number of carbonyl (C=O) groups excluding carboxylic acids is 1. The van der Waals surface area contributed by atoms with E-state index in [1.54, 1.807) is 6.08 Å². The Morgan fingerprint density at radius 2 is 2.05 bits per heavy atom. The molecule has 1 N–H and O–H groups in total. The molecule has 0 radical (unpaired) electrons. The van der Waals surface area contributed by atoms with Crippen LogP contribution in [0, 0.1) is 5.92 Å². The van der Waals surface area contributed by atoms with Gasteiger partial charge in [-0.25, -0.2) is 8.42 Å². The number of hydrogen-bond donors (Lipinski definition) is 1. The lowest BCUT2D eigenvalue weighted by atomic mass is 10.1. The Morgan fingerprint density at radius 1 is 1.32 bits per heavy atom. The fourth-order valence-corrected chi connectivity index (χ4v) is 3.93. The summed E-state index contributed by atoms with van der Waals surface area (Å²) in [5, 5.41) is 2.74. The molecule has 1 amide bonds. The van der Waals surface area contributed by atoms with E-state index in [1.165, 1.54) is 6.08 Å². The van der Waals surface area contributed by atoms with Crippen LogP contribution < -0.4 is 5.32 Å². The molecular formula is C14H17NO3S. The van der Waals surface area contributed by atoms with Crippen LogP contribution in [0.5, 0.6) is 0 Å². The van der Waals surface area contributed by atoms with Crippen LogP contribution in [0.4, 0.5) is 0 Å². The molecular weight excluding hydrogens is 262 g/mol. The molecule has 5 heteroatoms. The lowest BCUT2D eigenvalue weighted by Crippen LogP contribution is -2.28. The molecule has 1 fully saturated rings. The first kappa shape index (κ1) is 13.8. The zero-order valence-corrected chi connectivity index (χ0v) is 11.4. The van der Waals surface area contributed by atoms with Crippen LogP contribution in [0.1, 0.15) is 12.0 Å². The summed E-state index contributed by atoms with van der Waals surface area (Å²) >= 11 is 0. The van der Waals surface area contributed by atoms with Crippen LogP contribution in [0.2, 0.25) is 0 Å². The zero-order valence-electron chi connectivity index (χ0n) is 10.6. The van der Waals surface area contributed by atoms with Gasteiger partial charge in [0.2, 0.25) is 5.91 Å². The fourth-order valence-electron chi connectivity index (χ4n) is 2.07. The van der Waals surface area contributed by atoms with Crippen LogP contribution in [0.15, 0.2) is 36.4 Å². The van der Waals surface area contributed by atoms with E-state index >= 15 is 0 Å². The summed E-state index contributed by atoms with van der Waals surface area (Å²) in [6.45, 7) is 0.428. The Kier molecular flexibility index (Phi) is 4.37. The zero-order chi connectivity index (χ0) is 13.7. The van der Waals surface area contributed by atoms with Gasteiger partial charge < -0.3 is 5.32 Å². The van der Waals surface area contributed by atoms with E-state index in [9.17, 15) is 13.2 Å². The van der Waals surface area contributed by atoms with Crippen molar-refractivity contribution in [3.63, 3.8) is 0 Å². The Hall–Kier alpha value is -1.62. The molecule has 1 unspecified atom stereocenters. The second kappa shape index (κ2) is 6.02. The monoisotopic (exact) mass is 279 g/mol. The van der Waals surface area contributed by atoms with Crippen molar-refractivity contribution in [2.45, 2.75) is 6.42 Å². The molecule has 1 atom stereocenters. The highest BCUT2D eigenvalue weighted by molar-refractivity contribution is 7.91. The molecule has 1 aromatic carbocycles. The second-order valence-electron chi connectivity index (χ2n) is 4.76. The molecule has 4 nitrogen and oxygen atoms in total.